The van der Waals surface area contributed by atoms with Crippen LogP contribution in [-0.2, 0) is 14.1 Å². The van der Waals surface area contributed by atoms with Crippen LogP contribution in [-0.4, -0.2) is 27.8 Å². The van der Waals surface area contributed by atoms with E-state index in [1.165, 1.54) is 11.6 Å². The van der Waals surface area contributed by atoms with Crippen LogP contribution in [0.1, 0.15) is 0 Å². The van der Waals surface area contributed by atoms with E-state index in [2.05, 4.69) is 0 Å². The van der Waals surface area contributed by atoms with Crippen LogP contribution in [0.2, 0.25) is 0 Å². The molecule has 0 bridgehead atoms. The van der Waals surface area contributed by atoms with Crippen molar-refractivity contribution >= 4 is 16.6 Å². The first-order chi connectivity index (χ1) is 13.4. The molecule has 4 aromatic rings. The summed E-state index contributed by atoms with van der Waals surface area (Å²) in [5.41, 5.74) is 3.70. The maximum Gasteiger partial charge on any atom is 0.330 e. The zero-order chi connectivity index (χ0) is 20.0. The van der Waals surface area contributed by atoms with Gasteiger partial charge >= 0.3 is 5.69 Å². The van der Waals surface area contributed by atoms with Gasteiger partial charge in [0.15, 0.2) is 0 Å². The van der Waals surface area contributed by atoms with Crippen molar-refractivity contribution in [3.05, 3.63) is 81.6 Å². The van der Waals surface area contributed by atoms with E-state index < -0.39 is 0 Å². The first-order valence-electron chi connectivity index (χ1n) is 9.04. The number of hydrogen-bond donors (Lipinski definition) is 0. The zero-order valence-corrected chi connectivity index (χ0v) is 16.4. The van der Waals surface area contributed by atoms with Gasteiger partial charge in [0.25, 0.3) is 5.56 Å². The predicted molar refractivity (Wildman–Crippen MR) is 114 cm³/mol. The van der Waals surface area contributed by atoms with Gasteiger partial charge in [0, 0.05) is 45.8 Å². The molecule has 0 unspecified atom stereocenters. The molecular formula is C22H22N4O2. The van der Waals surface area contributed by atoms with E-state index in [4.69, 9.17) is 0 Å². The molecule has 0 spiro atoms. The van der Waals surface area contributed by atoms with Crippen LogP contribution in [0, 0.1) is 0 Å². The lowest BCUT2D eigenvalue weighted by molar-refractivity contribution is 0.714. The van der Waals surface area contributed by atoms with Crippen molar-refractivity contribution in [1.82, 2.24) is 13.7 Å². The number of benzene rings is 2. The maximum absolute atomic E-state index is 13.0. The molecule has 0 saturated heterocycles. The van der Waals surface area contributed by atoms with E-state index in [0.29, 0.717) is 10.9 Å². The van der Waals surface area contributed by atoms with Gasteiger partial charge in [-0.2, -0.15) is 0 Å². The largest absolute Gasteiger partial charge is 0.378 e. The fourth-order valence-corrected chi connectivity index (χ4v) is 3.54. The summed E-state index contributed by atoms with van der Waals surface area (Å²) in [5.74, 6) is 0. The molecule has 0 fully saturated rings. The van der Waals surface area contributed by atoms with Crippen LogP contribution < -0.4 is 16.1 Å². The van der Waals surface area contributed by atoms with E-state index in [0.717, 1.165) is 27.2 Å². The van der Waals surface area contributed by atoms with Crippen LogP contribution in [0.5, 0.6) is 0 Å². The van der Waals surface area contributed by atoms with Gasteiger partial charge < -0.3 is 9.47 Å². The molecule has 2 aromatic carbocycles. The molecule has 0 aliphatic carbocycles. The molecule has 0 amide bonds. The molecule has 0 N–H and O–H groups in total. The molecule has 2 heterocycles. The van der Waals surface area contributed by atoms with E-state index in [1.54, 1.807) is 7.05 Å². The number of hydrogen-bond acceptors (Lipinski definition) is 3. The van der Waals surface area contributed by atoms with Gasteiger partial charge in [-0.1, -0.05) is 30.3 Å². The Kier molecular flexibility index (Phi) is 4.19. The zero-order valence-electron chi connectivity index (χ0n) is 16.4. The molecule has 2 aromatic heterocycles. The highest BCUT2D eigenvalue weighted by Crippen LogP contribution is 2.31. The first-order valence-corrected chi connectivity index (χ1v) is 9.04. The van der Waals surface area contributed by atoms with Gasteiger partial charge in [0.1, 0.15) is 0 Å². The summed E-state index contributed by atoms with van der Waals surface area (Å²) in [6.07, 6.45) is 1.87. The van der Waals surface area contributed by atoms with Gasteiger partial charge in [-0.3, -0.25) is 13.9 Å². The van der Waals surface area contributed by atoms with Gasteiger partial charge in [-0.05, 0) is 29.8 Å². The molecule has 6 heteroatoms. The first kappa shape index (κ1) is 17.9. The standard InChI is InChI=1S/C22H22N4O2/c1-23(2)16-10-12-17(13-11-16)26-14-18-19(20(26)15-8-6-5-7-9-15)21(27)25(4)22(28)24(18)3/h5-14H,1-4H3. The summed E-state index contributed by atoms with van der Waals surface area (Å²) >= 11 is 0. The predicted octanol–water partition coefficient (Wildman–Crippen LogP) is 2.76. The van der Waals surface area contributed by atoms with Gasteiger partial charge in [0.2, 0.25) is 0 Å². The smallest absolute Gasteiger partial charge is 0.330 e. The molecule has 0 aliphatic rings. The van der Waals surface area contributed by atoms with Crippen molar-refractivity contribution in [2.45, 2.75) is 0 Å². The summed E-state index contributed by atoms with van der Waals surface area (Å²) in [4.78, 5) is 27.5. The van der Waals surface area contributed by atoms with Gasteiger partial charge in [-0.25, -0.2) is 4.79 Å². The molecule has 0 radical (unpaired) electrons. The van der Waals surface area contributed by atoms with E-state index in [9.17, 15) is 9.59 Å². The molecule has 142 valence electrons. The van der Waals surface area contributed by atoms with Crippen LogP contribution in [0.4, 0.5) is 5.69 Å². The van der Waals surface area contributed by atoms with Crippen molar-refractivity contribution in [3.8, 4) is 16.9 Å². The summed E-state index contributed by atoms with van der Waals surface area (Å²) < 4.78 is 4.67. The molecule has 4 rings (SSSR count). The lowest BCUT2D eigenvalue weighted by atomic mass is 10.1. The van der Waals surface area contributed by atoms with Crippen molar-refractivity contribution in [1.29, 1.82) is 0 Å². The fraction of sp³-hybridized carbons (Fsp3) is 0.182. The molecular weight excluding hydrogens is 352 g/mol. The maximum atomic E-state index is 13.0. The van der Waals surface area contributed by atoms with Crippen molar-refractivity contribution in [2.75, 3.05) is 19.0 Å². The fourth-order valence-electron chi connectivity index (χ4n) is 3.54. The second-order valence-corrected chi connectivity index (χ2v) is 7.09. The Morgan fingerprint density at radius 1 is 0.821 bits per heavy atom. The normalized spacial score (nSPS) is 11.1. The molecule has 0 saturated carbocycles. The van der Waals surface area contributed by atoms with E-state index in [-0.39, 0.29) is 11.2 Å². The summed E-state index contributed by atoms with van der Waals surface area (Å²) in [7, 11) is 7.20. The Labute approximate surface area is 162 Å². The van der Waals surface area contributed by atoms with Crippen LogP contribution in [0.25, 0.3) is 27.8 Å². The quantitative estimate of drug-likeness (QED) is 0.554. The van der Waals surface area contributed by atoms with E-state index >= 15 is 0 Å². The van der Waals surface area contributed by atoms with Gasteiger partial charge in [-0.15, -0.1) is 0 Å². The number of rotatable bonds is 3. The summed E-state index contributed by atoms with van der Waals surface area (Å²) in [6.45, 7) is 0. The highest BCUT2D eigenvalue weighted by Gasteiger charge is 2.20. The third kappa shape index (κ3) is 2.65. The SMILES string of the molecule is CN(C)c1ccc(-n2cc3c(c2-c2ccccc2)c(=O)n(C)c(=O)n3C)cc1. The minimum atomic E-state index is -0.336. The lowest BCUT2D eigenvalue weighted by Gasteiger charge is -2.14. The Hall–Kier alpha value is -3.54. The minimum Gasteiger partial charge on any atom is -0.378 e. The van der Waals surface area contributed by atoms with Crippen molar-refractivity contribution in [3.63, 3.8) is 0 Å². The highest BCUT2D eigenvalue weighted by molar-refractivity contribution is 5.94. The summed E-state index contributed by atoms with van der Waals surface area (Å²) in [5, 5.41) is 0.535. The minimum absolute atomic E-state index is 0.291. The second-order valence-electron chi connectivity index (χ2n) is 7.09. The summed E-state index contributed by atoms with van der Waals surface area (Å²) in [6, 6.07) is 17.9. The number of nitrogens with zero attached hydrogens (tertiary/aromatic N) is 4. The Bertz CT molecular complexity index is 1280. The number of aromatic nitrogens is 3. The average molecular weight is 374 g/mol. The Morgan fingerprint density at radius 2 is 1.46 bits per heavy atom. The molecule has 0 aliphatic heterocycles. The van der Waals surface area contributed by atoms with Crippen molar-refractivity contribution < 1.29 is 0 Å². The van der Waals surface area contributed by atoms with Crippen LogP contribution in [0.15, 0.2) is 70.4 Å². The highest BCUT2D eigenvalue weighted by atomic mass is 16.2. The topological polar surface area (TPSA) is 52.2 Å². The Balaban J connectivity index is 2.12. The lowest BCUT2D eigenvalue weighted by Crippen LogP contribution is -2.36. The molecule has 28 heavy (non-hydrogen) atoms. The van der Waals surface area contributed by atoms with E-state index in [1.807, 2.05) is 84.4 Å². The van der Waals surface area contributed by atoms with Crippen molar-refractivity contribution in [2.24, 2.45) is 14.1 Å². The second kappa shape index (κ2) is 6.56. The monoisotopic (exact) mass is 374 g/mol. The molecule has 0 atom stereocenters. The number of aryl methyl sites for hydroxylation is 1. The van der Waals surface area contributed by atoms with Crippen LogP contribution in [0.3, 0.4) is 0 Å². The molecule has 6 nitrogen and oxygen atoms in total. The third-order valence-electron chi connectivity index (χ3n) is 5.13. The number of fused-ring (bicyclic) bond motifs is 1. The van der Waals surface area contributed by atoms with Crippen LogP contribution >= 0.6 is 0 Å². The number of anilines is 1. The Morgan fingerprint density at radius 3 is 2.07 bits per heavy atom. The van der Waals surface area contributed by atoms with Gasteiger partial charge in [0.05, 0.1) is 16.6 Å². The average Bonchev–Trinajstić information content (AvgIpc) is 3.12. The third-order valence-corrected chi connectivity index (χ3v) is 5.13.